The summed E-state index contributed by atoms with van der Waals surface area (Å²) in [5.74, 6) is -0.442. The molecule has 3 aliphatic heterocycles. The molecule has 0 bridgehead atoms. The van der Waals surface area contributed by atoms with Gasteiger partial charge in [-0.2, -0.15) is 10.2 Å². The fourth-order valence-corrected chi connectivity index (χ4v) is 4.75. The molecule has 3 fully saturated rings. The van der Waals surface area contributed by atoms with Gasteiger partial charge in [0.25, 0.3) is 0 Å². The third-order valence-corrected chi connectivity index (χ3v) is 6.37. The van der Waals surface area contributed by atoms with Crippen LogP contribution in [0.2, 0.25) is 0 Å². The molecule has 4 heterocycles. The third kappa shape index (κ3) is 4.95. The predicted octanol–water partition coefficient (Wildman–Crippen LogP) is 1.45. The molecule has 0 saturated carbocycles. The van der Waals surface area contributed by atoms with Crippen molar-refractivity contribution >= 4 is 17.7 Å². The molecule has 3 saturated heterocycles. The summed E-state index contributed by atoms with van der Waals surface area (Å²) in [5.41, 5.74) is 1.08. The fraction of sp³-hybridized carbons (Fsp3) is 0.700. The summed E-state index contributed by atoms with van der Waals surface area (Å²) in [6.07, 6.45) is 7.09. The molecule has 0 aliphatic carbocycles. The zero-order valence-electron chi connectivity index (χ0n) is 16.7. The molecule has 1 atom stereocenters. The van der Waals surface area contributed by atoms with Crippen molar-refractivity contribution < 1.29 is 19.4 Å². The van der Waals surface area contributed by atoms with Gasteiger partial charge in [-0.25, -0.2) is 4.79 Å². The Bertz CT molecular complexity index is 702. The Kier molecular flexibility index (Phi) is 6.13. The second kappa shape index (κ2) is 8.94. The van der Waals surface area contributed by atoms with E-state index in [0.29, 0.717) is 6.54 Å². The maximum Gasteiger partial charge on any atom is 0.410 e. The number of rotatable bonds is 6. The van der Waals surface area contributed by atoms with Gasteiger partial charge in [-0.3, -0.25) is 9.69 Å². The average molecular weight is 403 g/mol. The van der Waals surface area contributed by atoms with E-state index in [9.17, 15) is 9.59 Å². The Labute approximate surface area is 170 Å². The molecule has 1 unspecified atom stereocenters. The zero-order chi connectivity index (χ0) is 20.2. The number of likely N-dealkylation sites (tertiary alicyclic amines) is 1. The number of carboxylic acids is 1. The molecule has 3 aliphatic rings. The van der Waals surface area contributed by atoms with Crippen molar-refractivity contribution in [1.29, 1.82) is 0 Å². The number of nitrogens with zero attached hydrogens (tertiary/aromatic N) is 5. The summed E-state index contributed by atoms with van der Waals surface area (Å²) in [7, 11) is 0. The summed E-state index contributed by atoms with van der Waals surface area (Å²) >= 11 is 0. The smallest absolute Gasteiger partial charge is 0.410 e. The van der Waals surface area contributed by atoms with E-state index in [4.69, 9.17) is 9.84 Å². The molecule has 1 aromatic rings. The minimum absolute atomic E-state index is 0.0963. The van der Waals surface area contributed by atoms with Crippen molar-refractivity contribution in [2.45, 2.75) is 44.2 Å². The van der Waals surface area contributed by atoms with Crippen LogP contribution in [0.1, 0.15) is 32.1 Å². The molecule has 0 spiro atoms. The van der Waals surface area contributed by atoms with Crippen molar-refractivity contribution in [3.8, 4) is 0 Å². The van der Waals surface area contributed by atoms with Crippen LogP contribution in [0.25, 0.3) is 0 Å². The Hall–Kier alpha value is -2.42. The van der Waals surface area contributed by atoms with E-state index in [-0.39, 0.29) is 30.6 Å². The number of carbonyl (C=O) groups excluding carboxylic acids is 1. The van der Waals surface area contributed by atoms with Crippen molar-refractivity contribution in [2.24, 2.45) is 5.92 Å². The minimum atomic E-state index is -0.713. The highest BCUT2D eigenvalue weighted by molar-refractivity contribution is 5.70. The van der Waals surface area contributed by atoms with E-state index < -0.39 is 5.97 Å². The first-order chi connectivity index (χ1) is 14.1. The van der Waals surface area contributed by atoms with E-state index in [1.165, 1.54) is 0 Å². The Morgan fingerprint density at radius 1 is 1.14 bits per heavy atom. The number of aliphatic carboxylic acids is 1. The van der Waals surface area contributed by atoms with Crippen molar-refractivity contribution in [2.75, 3.05) is 44.2 Å². The molecular formula is C20H29N5O4. The average Bonchev–Trinajstić information content (AvgIpc) is 3.10. The maximum absolute atomic E-state index is 12.4. The first-order valence-electron chi connectivity index (χ1n) is 10.5. The van der Waals surface area contributed by atoms with Crippen LogP contribution < -0.4 is 4.90 Å². The van der Waals surface area contributed by atoms with E-state index in [2.05, 4.69) is 20.0 Å². The monoisotopic (exact) mass is 403 g/mol. The summed E-state index contributed by atoms with van der Waals surface area (Å²) in [5, 5.41) is 16.7. The summed E-state index contributed by atoms with van der Waals surface area (Å²) < 4.78 is 5.65. The largest absolute Gasteiger partial charge is 0.481 e. The van der Waals surface area contributed by atoms with Crippen LogP contribution in [-0.2, 0) is 9.53 Å². The summed E-state index contributed by atoms with van der Waals surface area (Å²) in [6.45, 7) is 4.93. The number of carbonyl (C=O) groups is 2. The van der Waals surface area contributed by atoms with Crippen LogP contribution in [0.4, 0.5) is 10.5 Å². The number of cyclic esters (lactones) is 1. The number of piperidine rings is 2. The van der Waals surface area contributed by atoms with Gasteiger partial charge in [0.05, 0.1) is 24.6 Å². The summed E-state index contributed by atoms with van der Waals surface area (Å²) in [4.78, 5) is 29.8. The van der Waals surface area contributed by atoms with E-state index >= 15 is 0 Å². The van der Waals surface area contributed by atoms with Crippen LogP contribution in [0.5, 0.6) is 0 Å². The molecule has 29 heavy (non-hydrogen) atoms. The van der Waals surface area contributed by atoms with Crippen LogP contribution in [-0.4, -0.2) is 88.6 Å². The van der Waals surface area contributed by atoms with Gasteiger partial charge >= 0.3 is 12.1 Å². The molecule has 9 nitrogen and oxygen atoms in total. The SMILES string of the molecule is O=C(O)CC1CCN(CC2CN(C3CCN(c4ccnnc4)CC3)C(=O)O2)CC1. The normalized spacial score (nSPS) is 24.7. The fourth-order valence-electron chi connectivity index (χ4n) is 4.75. The van der Waals surface area contributed by atoms with Crippen LogP contribution in [0.3, 0.4) is 0 Å². The maximum atomic E-state index is 12.4. The lowest BCUT2D eigenvalue weighted by Crippen LogP contribution is -2.46. The van der Waals surface area contributed by atoms with E-state index in [0.717, 1.165) is 64.1 Å². The summed E-state index contributed by atoms with van der Waals surface area (Å²) in [6, 6.07) is 2.19. The number of hydrogen-bond donors (Lipinski definition) is 1. The van der Waals surface area contributed by atoms with Crippen LogP contribution in [0, 0.1) is 5.92 Å². The van der Waals surface area contributed by atoms with Gasteiger partial charge in [-0.15, -0.1) is 0 Å². The lowest BCUT2D eigenvalue weighted by atomic mass is 9.93. The highest BCUT2D eigenvalue weighted by Crippen LogP contribution is 2.26. The van der Waals surface area contributed by atoms with Gasteiger partial charge in [-0.1, -0.05) is 0 Å². The van der Waals surface area contributed by atoms with Gasteiger partial charge in [0.15, 0.2) is 0 Å². The highest BCUT2D eigenvalue weighted by atomic mass is 16.6. The lowest BCUT2D eigenvalue weighted by Gasteiger charge is -2.36. The zero-order valence-corrected chi connectivity index (χ0v) is 16.7. The van der Waals surface area contributed by atoms with Crippen molar-refractivity contribution in [3.63, 3.8) is 0 Å². The second-order valence-corrected chi connectivity index (χ2v) is 8.32. The van der Waals surface area contributed by atoms with Crippen LogP contribution in [0.15, 0.2) is 18.5 Å². The molecule has 1 aromatic heterocycles. The molecule has 0 radical (unpaired) electrons. The van der Waals surface area contributed by atoms with Crippen LogP contribution >= 0.6 is 0 Å². The lowest BCUT2D eigenvalue weighted by molar-refractivity contribution is -0.138. The Morgan fingerprint density at radius 2 is 1.90 bits per heavy atom. The number of carboxylic acid groups (broad SMARTS) is 1. The molecule has 1 N–H and O–H groups in total. The molecule has 158 valence electrons. The Morgan fingerprint density at radius 3 is 2.55 bits per heavy atom. The Balaban J connectivity index is 1.22. The third-order valence-electron chi connectivity index (χ3n) is 6.37. The standard InChI is InChI=1S/C20H29N5O4/c26-19(27)11-15-2-7-23(8-3-15)13-18-14-25(20(28)29-18)16-4-9-24(10-5-16)17-1-6-21-22-12-17/h1,6,12,15-16,18H,2-5,7-11,13-14H2,(H,26,27). The first-order valence-corrected chi connectivity index (χ1v) is 10.5. The number of anilines is 1. The van der Waals surface area contributed by atoms with Gasteiger partial charge in [0.2, 0.25) is 0 Å². The number of amides is 1. The van der Waals surface area contributed by atoms with E-state index in [1.54, 1.807) is 12.4 Å². The number of ether oxygens (including phenoxy) is 1. The molecule has 4 rings (SSSR count). The van der Waals surface area contributed by atoms with Crippen molar-refractivity contribution in [1.82, 2.24) is 20.0 Å². The van der Waals surface area contributed by atoms with E-state index in [1.807, 2.05) is 11.0 Å². The minimum Gasteiger partial charge on any atom is -0.481 e. The first kappa shape index (κ1) is 19.9. The van der Waals surface area contributed by atoms with Crippen molar-refractivity contribution in [3.05, 3.63) is 18.5 Å². The highest BCUT2D eigenvalue weighted by Gasteiger charge is 2.38. The molecule has 1 amide bonds. The quantitative estimate of drug-likeness (QED) is 0.762. The predicted molar refractivity (Wildman–Crippen MR) is 106 cm³/mol. The molecule has 9 heteroatoms. The topological polar surface area (TPSA) is 99.1 Å². The number of hydrogen-bond acceptors (Lipinski definition) is 7. The van der Waals surface area contributed by atoms with Gasteiger partial charge in [0, 0.05) is 32.1 Å². The van der Waals surface area contributed by atoms with Gasteiger partial charge < -0.3 is 19.6 Å². The van der Waals surface area contributed by atoms with Gasteiger partial charge in [-0.05, 0) is 50.8 Å². The second-order valence-electron chi connectivity index (χ2n) is 8.32. The number of aromatic nitrogens is 2. The van der Waals surface area contributed by atoms with Gasteiger partial charge in [0.1, 0.15) is 6.10 Å². The molecular weight excluding hydrogens is 374 g/mol. The molecule has 0 aromatic carbocycles.